The van der Waals surface area contributed by atoms with Crippen LogP contribution in [0.2, 0.25) is 0 Å². The van der Waals surface area contributed by atoms with Crippen molar-refractivity contribution in [1.29, 1.82) is 0 Å². The van der Waals surface area contributed by atoms with Gasteiger partial charge in [0.05, 0.1) is 13.0 Å². The number of amides is 1. The van der Waals surface area contributed by atoms with Gasteiger partial charge in [0.2, 0.25) is 11.8 Å². The summed E-state index contributed by atoms with van der Waals surface area (Å²) in [5.74, 6) is 0.577. The second kappa shape index (κ2) is 6.53. The smallest absolute Gasteiger partial charge is 0.242 e. The van der Waals surface area contributed by atoms with E-state index >= 15 is 0 Å². The van der Waals surface area contributed by atoms with Crippen LogP contribution in [0.4, 0.5) is 11.5 Å². The number of aromatic nitrogens is 2. The maximum absolute atomic E-state index is 12.4. The van der Waals surface area contributed by atoms with E-state index in [1.54, 1.807) is 16.2 Å². The topological polar surface area (TPSA) is 67.4 Å². The van der Waals surface area contributed by atoms with Gasteiger partial charge in [0, 0.05) is 14.1 Å². The zero-order valence-corrected chi connectivity index (χ0v) is 13.3. The van der Waals surface area contributed by atoms with Crippen molar-refractivity contribution in [3.05, 3.63) is 28.7 Å². The van der Waals surface area contributed by atoms with Crippen LogP contribution in [0.1, 0.15) is 18.4 Å². The molecule has 112 valence electrons. The average Bonchev–Trinajstić information content (AvgIpc) is 3.00. The summed E-state index contributed by atoms with van der Waals surface area (Å²) in [5, 5.41) is 6.80. The van der Waals surface area contributed by atoms with Crippen LogP contribution in [-0.4, -0.2) is 37.1 Å². The Labute approximate surface area is 127 Å². The fourth-order valence-electron chi connectivity index (χ4n) is 1.87. The molecule has 0 saturated heterocycles. The van der Waals surface area contributed by atoms with Crippen LogP contribution in [0.5, 0.6) is 5.88 Å². The van der Waals surface area contributed by atoms with E-state index in [9.17, 15) is 4.79 Å². The van der Waals surface area contributed by atoms with E-state index in [0.717, 1.165) is 5.56 Å². The van der Waals surface area contributed by atoms with E-state index in [2.05, 4.69) is 15.3 Å². The molecule has 1 atom stereocenters. The monoisotopic (exact) mass is 306 g/mol. The molecule has 2 heterocycles. The first-order valence-corrected chi connectivity index (χ1v) is 7.38. The number of ether oxygens (including phenoxy) is 1. The summed E-state index contributed by atoms with van der Waals surface area (Å²) in [4.78, 5) is 22.4. The highest BCUT2D eigenvalue weighted by Crippen LogP contribution is 2.31. The number of hydrogen-bond acceptors (Lipinski definition) is 6. The Balaban J connectivity index is 2.28. The van der Waals surface area contributed by atoms with Gasteiger partial charge in [0.15, 0.2) is 5.82 Å². The molecule has 0 saturated carbocycles. The fourth-order valence-corrected chi connectivity index (χ4v) is 2.62. The molecule has 21 heavy (non-hydrogen) atoms. The molecule has 2 rings (SSSR count). The number of thiophene rings is 1. The van der Waals surface area contributed by atoms with Crippen LogP contribution in [0.15, 0.2) is 23.2 Å². The van der Waals surface area contributed by atoms with Crippen molar-refractivity contribution in [2.45, 2.75) is 12.8 Å². The van der Waals surface area contributed by atoms with E-state index in [-0.39, 0.29) is 11.8 Å². The third kappa shape index (κ3) is 3.30. The number of nitrogens with one attached hydrogen (secondary N) is 1. The molecule has 1 amide bonds. The summed E-state index contributed by atoms with van der Waals surface area (Å²) in [5.41, 5.74) is 1.47. The molecule has 0 fully saturated rings. The highest BCUT2D eigenvalue weighted by Gasteiger charge is 2.21. The summed E-state index contributed by atoms with van der Waals surface area (Å²) in [7, 11) is 5.21. The molecule has 6 nitrogen and oxygen atoms in total. The van der Waals surface area contributed by atoms with Crippen molar-refractivity contribution in [3.63, 3.8) is 0 Å². The summed E-state index contributed by atoms with van der Waals surface area (Å²) in [6.45, 7) is 1.86. The van der Waals surface area contributed by atoms with Crippen LogP contribution < -0.4 is 15.0 Å². The van der Waals surface area contributed by atoms with Gasteiger partial charge in [-0.2, -0.15) is 16.3 Å². The van der Waals surface area contributed by atoms with Gasteiger partial charge >= 0.3 is 0 Å². The minimum Gasteiger partial charge on any atom is -0.479 e. The zero-order chi connectivity index (χ0) is 15.4. The lowest BCUT2D eigenvalue weighted by Crippen LogP contribution is -2.22. The average molecular weight is 306 g/mol. The second-order valence-corrected chi connectivity index (χ2v) is 5.52. The Bertz CT molecular complexity index is 613. The highest BCUT2D eigenvalue weighted by atomic mass is 32.1. The van der Waals surface area contributed by atoms with Crippen molar-refractivity contribution in [2.75, 3.05) is 31.4 Å². The van der Waals surface area contributed by atoms with Crippen LogP contribution in [-0.2, 0) is 4.79 Å². The molecule has 2 aromatic rings. The van der Waals surface area contributed by atoms with E-state index in [4.69, 9.17) is 4.74 Å². The maximum atomic E-state index is 12.4. The molecule has 0 radical (unpaired) electrons. The van der Waals surface area contributed by atoms with Gasteiger partial charge in [0.1, 0.15) is 12.0 Å². The predicted octanol–water partition coefficient (Wildman–Crippen LogP) is 2.35. The molecule has 0 aliphatic carbocycles. The molecule has 0 aliphatic heterocycles. The van der Waals surface area contributed by atoms with Crippen LogP contribution in [0, 0.1) is 0 Å². The summed E-state index contributed by atoms with van der Waals surface area (Å²) >= 11 is 1.57. The lowest BCUT2D eigenvalue weighted by molar-refractivity contribution is -0.117. The largest absolute Gasteiger partial charge is 0.479 e. The third-order valence-corrected chi connectivity index (χ3v) is 3.80. The minimum absolute atomic E-state index is 0.121. The summed E-state index contributed by atoms with van der Waals surface area (Å²) in [6.07, 6.45) is 1.41. The highest BCUT2D eigenvalue weighted by molar-refractivity contribution is 7.08. The quantitative estimate of drug-likeness (QED) is 0.918. The molecule has 1 N–H and O–H groups in total. The van der Waals surface area contributed by atoms with Gasteiger partial charge in [-0.3, -0.25) is 4.79 Å². The van der Waals surface area contributed by atoms with Gasteiger partial charge in [-0.25, -0.2) is 4.98 Å². The number of rotatable bonds is 5. The molecule has 0 bridgehead atoms. The van der Waals surface area contributed by atoms with E-state index in [0.29, 0.717) is 17.4 Å². The first-order valence-electron chi connectivity index (χ1n) is 6.43. The van der Waals surface area contributed by atoms with Gasteiger partial charge in [-0.05, 0) is 29.3 Å². The Hall–Kier alpha value is -2.15. The fraction of sp³-hybridized carbons (Fsp3) is 0.357. The third-order valence-electron chi connectivity index (χ3n) is 3.09. The minimum atomic E-state index is -0.254. The Morgan fingerprint density at radius 2 is 2.19 bits per heavy atom. The van der Waals surface area contributed by atoms with Crippen LogP contribution in [0.3, 0.4) is 0 Å². The van der Waals surface area contributed by atoms with E-state index in [1.165, 1.54) is 13.4 Å². The molecule has 0 spiro atoms. The second-order valence-electron chi connectivity index (χ2n) is 4.74. The number of carbonyl (C=O) groups excluding carboxylic acids is 1. The number of carbonyl (C=O) groups is 1. The van der Waals surface area contributed by atoms with Crippen molar-refractivity contribution in [1.82, 2.24) is 9.97 Å². The zero-order valence-electron chi connectivity index (χ0n) is 12.5. The molecule has 0 aromatic carbocycles. The van der Waals surface area contributed by atoms with Gasteiger partial charge in [-0.15, -0.1) is 0 Å². The maximum Gasteiger partial charge on any atom is 0.242 e. The van der Waals surface area contributed by atoms with Crippen molar-refractivity contribution in [2.24, 2.45) is 0 Å². The Morgan fingerprint density at radius 3 is 2.76 bits per heavy atom. The Kier molecular flexibility index (Phi) is 4.74. The first kappa shape index (κ1) is 15.2. The SMILES string of the molecule is COc1ncnc(N(C)C)c1NC(=O)C(C)c1ccsc1. The normalized spacial score (nSPS) is 11.8. The van der Waals surface area contributed by atoms with E-state index in [1.807, 2.05) is 37.8 Å². The standard InChI is InChI=1S/C14H18N4O2S/c1-9(10-5-6-21-7-10)13(19)17-11-12(18(2)3)15-8-16-14(11)20-4/h5-9H,1-4H3,(H,17,19). The predicted molar refractivity (Wildman–Crippen MR) is 84.3 cm³/mol. The number of nitrogens with zero attached hydrogens (tertiary/aromatic N) is 3. The van der Waals surface area contributed by atoms with Gasteiger partial charge in [0.25, 0.3) is 0 Å². The molecule has 2 aromatic heterocycles. The Morgan fingerprint density at radius 1 is 1.43 bits per heavy atom. The lowest BCUT2D eigenvalue weighted by atomic mass is 10.0. The van der Waals surface area contributed by atoms with Crippen molar-refractivity contribution < 1.29 is 9.53 Å². The molecular formula is C14H18N4O2S. The first-order chi connectivity index (χ1) is 10.0. The van der Waals surface area contributed by atoms with Gasteiger partial charge in [-0.1, -0.05) is 0 Å². The molecule has 0 aliphatic rings. The van der Waals surface area contributed by atoms with Crippen molar-refractivity contribution >= 4 is 28.7 Å². The number of methoxy groups -OCH3 is 1. The summed E-state index contributed by atoms with van der Waals surface area (Å²) < 4.78 is 5.22. The molecular weight excluding hydrogens is 288 g/mol. The number of anilines is 2. The molecule has 1 unspecified atom stereocenters. The van der Waals surface area contributed by atoms with Crippen LogP contribution in [0.25, 0.3) is 0 Å². The summed E-state index contributed by atoms with van der Waals surface area (Å²) in [6, 6.07) is 1.94. The van der Waals surface area contributed by atoms with Crippen LogP contribution >= 0.6 is 11.3 Å². The molecule has 7 heteroatoms. The van der Waals surface area contributed by atoms with E-state index < -0.39 is 0 Å². The lowest BCUT2D eigenvalue weighted by Gasteiger charge is -2.19. The van der Waals surface area contributed by atoms with Gasteiger partial charge < -0.3 is 15.0 Å². The van der Waals surface area contributed by atoms with Crippen molar-refractivity contribution in [3.8, 4) is 5.88 Å². The number of hydrogen-bond donors (Lipinski definition) is 1.